The number of rotatable bonds is 2. The van der Waals surface area contributed by atoms with Gasteiger partial charge in [0.05, 0.1) is 6.04 Å². The minimum atomic E-state index is 0.131. The van der Waals surface area contributed by atoms with Crippen LogP contribution in [0.25, 0.3) is 0 Å². The summed E-state index contributed by atoms with van der Waals surface area (Å²) in [6, 6.07) is 0.813. The van der Waals surface area contributed by atoms with Gasteiger partial charge in [-0.1, -0.05) is 19.3 Å². The number of hydrogen-bond acceptors (Lipinski definition) is 3. The fourth-order valence-corrected chi connectivity index (χ4v) is 2.73. The van der Waals surface area contributed by atoms with Crippen molar-refractivity contribution in [2.45, 2.75) is 44.2 Å². The summed E-state index contributed by atoms with van der Waals surface area (Å²) >= 11 is 0. The van der Waals surface area contributed by atoms with Crippen molar-refractivity contribution in [3.8, 4) is 0 Å². The lowest BCUT2D eigenvalue weighted by molar-refractivity contribution is -0.114. The molecule has 0 amide bonds. The van der Waals surface area contributed by atoms with Crippen LogP contribution >= 0.6 is 0 Å². The minimum Gasteiger partial charge on any atom is -0.313 e. The van der Waals surface area contributed by atoms with Crippen molar-refractivity contribution in [2.24, 2.45) is 0 Å². The first-order chi connectivity index (χ1) is 6.92. The van der Waals surface area contributed by atoms with Crippen molar-refractivity contribution in [2.75, 3.05) is 19.6 Å². The van der Waals surface area contributed by atoms with Gasteiger partial charge in [0.2, 0.25) is 0 Å². The Kier molecular flexibility index (Phi) is 3.54. The van der Waals surface area contributed by atoms with Crippen molar-refractivity contribution in [3.05, 3.63) is 0 Å². The number of nitrogens with one attached hydrogen (secondary N) is 1. The number of hydrogen-bond donors (Lipinski definition) is 1. The Morgan fingerprint density at radius 1 is 1.21 bits per heavy atom. The number of nitrogens with zero attached hydrogens (tertiary/aromatic N) is 1. The molecule has 3 nitrogen and oxygen atoms in total. The molecule has 0 aromatic heterocycles. The molecule has 1 aliphatic carbocycles. The summed E-state index contributed by atoms with van der Waals surface area (Å²) in [4.78, 5) is 13.4. The van der Waals surface area contributed by atoms with Gasteiger partial charge in [-0.25, -0.2) is 0 Å². The summed E-state index contributed by atoms with van der Waals surface area (Å²) in [7, 11) is 0. The van der Waals surface area contributed by atoms with Crippen LogP contribution in [-0.4, -0.2) is 42.9 Å². The van der Waals surface area contributed by atoms with Crippen LogP contribution in [-0.2, 0) is 4.79 Å². The highest BCUT2D eigenvalue weighted by Crippen LogP contribution is 2.24. The smallest absolute Gasteiger partial charge is 0.138 e. The van der Waals surface area contributed by atoms with E-state index in [-0.39, 0.29) is 6.04 Å². The molecule has 1 heterocycles. The molecule has 3 heteroatoms. The third kappa shape index (κ3) is 2.15. The van der Waals surface area contributed by atoms with Gasteiger partial charge in [0.15, 0.2) is 0 Å². The summed E-state index contributed by atoms with van der Waals surface area (Å²) < 4.78 is 0. The molecule has 1 saturated carbocycles. The molecule has 1 N–H and O–H groups in total. The molecule has 80 valence electrons. The van der Waals surface area contributed by atoms with Gasteiger partial charge in [0, 0.05) is 25.7 Å². The van der Waals surface area contributed by atoms with E-state index in [9.17, 15) is 4.79 Å². The van der Waals surface area contributed by atoms with Crippen LogP contribution < -0.4 is 5.32 Å². The third-order valence-corrected chi connectivity index (χ3v) is 3.53. The van der Waals surface area contributed by atoms with E-state index in [4.69, 9.17) is 0 Å². The highest BCUT2D eigenvalue weighted by Gasteiger charge is 2.28. The van der Waals surface area contributed by atoms with Crippen molar-refractivity contribution in [3.63, 3.8) is 0 Å². The number of aldehydes is 1. The Hall–Kier alpha value is -0.410. The predicted octanol–water partition coefficient (Wildman–Crippen LogP) is 0.792. The van der Waals surface area contributed by atoms with E-state index >= 15 is 0 Å². The second kappa shape index (κ2) is 4.89. The summed E-state index contributed by atoms with van der Waals surface area (Å²) in [5.41, 5.74) is 0. The van der Waals surface area contributed by atoms with Crippen LogP contribution in [0.5, 0.6) is 0 Å². The Bertz CT molecular complexity index is 190. The molecule has 1 unspecified atom stereocenters. The molecule has 1 atom stereocenters. The average Bonchev–Trinajstić information content (AvgIpc) is 2.30. The van der Waals surface area contributed by atoms with Gasteiger partial charge in [-0.15, -0.1) is 0 Å². The SMILES string of the molecule is O=CC1CNCCN1C1CCCCC1. The highest BCUT2D eigenvalue weighted by atomic mass is 16.1. The maximum atomic E-state index is 10.9. The molecule has 2 aliphatic rings. The van der Waals surface area contributed by atoms with E-state index in [0.29, 0.717) is 6.04 Å². The van der Waals surface area contributed by atoms with Gasteiger partial charge in [0.1, 0.15) is 6.29 Å². The topological polar surface area (TPSA) is 32.3 Å². The zero-order chi connectivity index (χ0) is 9.80. The van der Waals surface area contributed by atoms with Crippen molar-refractivity contribution in [1.82, 2.24) is 10.2 Å². The molecule has 0 aromatic rings. The predicted molar refractivity (Wildman–Crippen MR) is 56.3 cm³/mol. The fraction of sp³-hybridized carbons (Fsp3) is 0.909. The van der Waals surface area contributed by atoms with Crippen molar-refractivity contribution < 1.29 is 4.79 Å². The van der Waals surface area contributed by atoms with Gasteiger partial charge < -0.3 is 10.1 Å². The van der Waals surface area contributed by atoms with Crippen molar-refractivity contribution in [1.29, 1.82) is 0 Å². The summed E-state index contributed by atoms with van der Waals surface area (Å²) in [6.45, 7) is 2.94. The van der Waals surface area contributed by atoms with E-state index in [1.54, 1.807) is 0 Å². The second-order valence-electron chi connectivity index (χ2n) is 4.44. The maximum absolute atomic E-state index is 10.9. The van der Waals surface area contributed by atoms with E-state index in [0.717, 1.165) is 25.9 Å². The maximum Gasteiger partial charge on any atom is 0.138 e. The number of carbonyl (C=O) groups excluding carboxylic acids is 1. The first-order valence-electron chi connectivity index (χ1n) is 5.83. The molecular formula is C11H20N2O. The molecule has 2 rings (SSSR count). The molecule has 14 heavy (non-hydrogen) atoms. The summed E-state index contributed by atoms with van der Waals surface area (Å²) in [6.07, 6.45) is 7.78. The van der Waals surface area contributed by atoms with Crippen LogP contribution in [0.1, 0.15) is 32.1 Å². The minimum absolute atomic E-state index is 0.131. The largest absolute Gasteiger partial charge is 0.313 e. The lowest BCUT2D eigenvalue weighted by Crippen LogP contribution is -2.56. The van der Waals surface area contributed by atoms with Gasteiger partial charge in [-0.3, -0.25) is 4.90 Å². The molecule has 0 radical (unpaired) electrons. The molecule has 1 saturated heterocycles. The highest BCUT2D eigenvalue weighted by molar-refractivity contribution is 5.58. The van der Waals surface area contributed by atoms with Crippen LogP contribution in [0.2, 0.25) is 0 Å². The zero-order valence-corrected chi connectivity index (χ0v) is 8.74. The Morgan fingerprint density at radius 3 is 2.71 bits per heavy atom. The molecular weight excluding hydrogens is 176 g/mol. The Morgan fingerprint density at radius 2 is 2.00 bits per heavy atom. The standard InChI is InChI=1S/C11H20N2O/c14-9-11-8-12-6-7-13(11)10-4-2-1-3-5-10/h9-12H,1-8H2. The van der Waals surface area contributed by atoms with E-state index in [1.807, 2.05) is 0 Å². The fourth-order valence-electron chi connectivity index (χ4n) is 2.73. The molecule has 0 bridgehead atoms. The van der Waals surface area contributed by atoms with Gasteiger partial charge in [0.25, 0.3) is 0 Å². The summed E-state index contributed by atoms with van der Waals surface area (Å²) in [5.74, 6) is 0. The van der Waals surface area contributed by atoms with Crippen LogP contribution in [0.15, 0.2) is 0 Å². The third-order valence-electron chi connectivity index (χ3n) is 3.53. The van der Waals surface area contributed by atoms with Gasteiger partial charge in [-0.05, 0) is 12.8 Å². The monoisotopic (exact) mass is 196 g/mol. The Balaban J connectivity index is 1.94. The Labute approximate surface area is 85.8 Å². The quantitative estimate of drug-likeness (QED) is 0.663. The van der Waals surface area contributed by atoms with E-state index in [2.05, 4.69) is 10.2 Å². The summed E-state index contributed by atoms with van der Waals surface area (Å²) in [5, 5.41) is 3.28. The first-order valence-corrected chi connectivity index (χ1v) is 5.83. The van der Waals surface area contributed by atoms with E-state index in [1.165, 1.54) is 32.1 Å². The first kappa shape index (κ1) is 10.1. The van der Waals surface area contributed by atoms with E-state index < -0.39 is 0 Å². The molecule has 0 aromatic carbocycles. The second-order valence-corrected chi connectivity index (χ2v) is 4.44. The molecule has 0 spiro atoms. The molecule has 2 fully saturated rings. The van der Waals surface area contributed by atoms with Crippen LogP contribution in [0.3, 0.4) is 0 Å². The number of carbonyl (C=O) groups is 1. The zero-order valence-electron chi connectivity index (χ0n) is 8.74. The molecule has 1 aliphatic heterocycles. The number of piperazine rings is 1. The van der Waals surface area contributed by atoms with Gasteiger partial charge >= 0.3 is 0 Å². The lowest BCUT2D eigenvalue weighted by atomic mass is 9.93. The normalized spacial score (nSPS) is 31.6. The van der Waals surface area contributed by atoms with Crippen LogP contribution in [0.4, 0.5) is 0 Å². The van der Waals surface area contributed by atoms with Crippen LogP contribution in [0, 0.1) is 0 Å². The lowest BCUT2D eigenvalue weighted by Gasteiger charge is -2.40. The van der Waals surface area contributed by atoms with Gasteiger partial charge in [-0.2, -0.15) is 0 Å². The average molecular weight is 196 g/mol. The van der Waals surface area contributed by atoms with Crippen molar-refractivity contribution >= 4 is 6.29 Å².